The van der Waals surface area contributed by atoms with E-state index >= 15 is 0 Å². The van der Waals surface area contributed by atoms with Crippen LogP contribution >= 0.6 is 0 Å². The van der Waals surface area contributed by atoms with Crippen LogP contribution < -0.4 is 0 Å². The van der Waals surface area contributed by atoms with Crippen molar-refractivity contribution in [1.29, 1.82) is 0 Å². The van der Waals surface area contributed by atoms with E-state index in [0.717, 1.165) is 48.4 Å². The van der Waals surface area contributed by atoms with E-state index in [1.165, 1.54) is 12.5 Å². The smallest absolute Gasteiger partial charge is 0.302 e. The number of aliphatic hydroxyl groups excluding tert-OH is 1. The number of imidazole rings is 1. The molecule has 0 amide bonds. The first-order chi connectivity index (χ1) is 18.9. The molecule has 1 saturated heterocycles. The molecule has 8 nitrogen and oxygen atoms in total. The number of carbonyl (C=O) groups excluding carboxylic acids is 1. The van der Waals surface area contributed by atoms with Crippen LogP contribution in [0.25, 0.3) is 11.3 Å². The molecule has 0 bridgehead atoms. The van der Waals surface area contributed by atoms with Gasteiger partial charge in [0, 0.05) is 61.7 Å². The molecule has 1 aliphatic rings. The lowest BCUT2D eigenvalue weighted by Crippen LogP contribution is -2.46. The third-order valence-corrected chi connectivity index (χ3v) is 6.76. The molecule has 2 aromatic carbocycles. The van der Waals surface area contributed by atoms with E-state index in [2.05, 4.69) is 51.1 Å². The summed E-state index contributed by atoms with van der Waals surface area (Å²) in [5, 5.41) is 14.0. The first kappa shape index (κ1) is 26.4. The Labute approximate surface area is 228 Å². The molecule has 39 heavy (non-hydrogen) atoms. The Kier molecular flexibility index (Phi) is 8.21. The van der Waals surface area contributed by atoms with E-state index in [0.29, 0.717) is 30.7 Å². The Morgan fingerprint density at radius 2 is 1.79 bits per heavy atom. The Morgan fingerprint density at radius 3 is 2.46 bits per heavy atom. The number of esters is 1. The number of aliphatic hydroxyl groups is 1. The van der Waals surface area contributed by atoms with E-state index in [-0.39, 0.29) is 5.97 Å². The normalized spacial score (nSPS) is 14.3. The predicted octanol–water partition coefficient (Wildman–Crippen LogP) is 4.42. The number of hydrogen-bond donors (Lipinski definition) is 1. The Morgan fingerprint density at radius 1 is 1.10 bits per heavy atom. The highest BCUT2D eigenvalue weighted by molar-refractivity contribution is 5.65. The number of likely N-dealkylation sites (tertiary alicyclic amines) is 1. The average Bonchev–Trinajstić information content (AvgIpc) is 3.57. The fourth-order valence-electron chi connectivity index (χ4n) is 4.69. The zero-order valence-electron chi connectivity index (χ0n) is 22.2. The number of nitrogens with zero attached hydrogens (tertiary/aromatic N) is 4. The average molecular weight is 525 g/mol. The van der Waals surface area contributed by atoms with Crippen molar-refractivity contribution in [2.45, 2.75) is 39.5 Å². The maximum atomic E-state index is 10.9. The summed E-state index contributed by atoms with van der Waals surface area (Å²) in [4.78, 5) is 17.5. The van der Waals surface area contributed by atoms with Crippen LogP contribution in [0.2, 0.25) is 0 Å². The topological polar surface area (TPSA) is 93.6 Å². The van der Waals surface area contributed by atoms with Gasteiger partial charge >= 0.3 is 5.97 Å². The zero-order valence-corrected chi connectivity index (χ0v) is 22.2. The number of benzene rings is 2. The SMILES string of the molecule is CC(=O)OCCC1CN(Cc2ccc(C#Cc3ccc(-c4cc(Cn5ccnc5[C@H](C)O)no4)cc3)cc2)C1. The quantitative estimate of drug-likeness (QED) is 0.256. The monoisotopic (exact) mass is 524 g/mol. The molecule has 1 fully saturated rings. The second-order valence-corrected chi connectivity index (χ2v) is 9.98. The van der Waals surface area contributed by atoms with Crippen molar-refractivity contribution in [3.63, 3.8) is 0 Å². The highest BCUT2D eigenvalue weighted by Crippen LogP contribution is 2.23. The molecule has 4 aromatic rings. The fourth-order valence-corrected chi connectivity index (χ4v) is 4.69. The van der Waals surface area contributed by atoms with Gasteiger partial charge in [0.25, 0.3) is 0 Å². The summed E-state index contributed by atoms with van der Waals surface area (Å²) in [6.45, 7) is 7.15. The van der Waals surface area contributed by atoms with Crippen LogP contribution in [0, 0.1) is 17.8 Å². The molecular weight excluding hydrogens is 492 g/mol. The van der Waals surface area contributed by atoms with Crippen molar-refractivity contribution < 1.29 is 19.2 Å². The maximum absolute atomic E-state index is 10.9. The molecule has 0 radical (unpaired) electrons. The van der Waals surface area contributed by atoms with Gasteiger partial charge in [-0.1, -0.05) is 29.1 Å². The van der Waals surface area contributed by atoms with Crippen molar-refractivity contribution >= 4 is 5.97 Å². The molecule has 0 spiro atoms. The third-order valence-electron chi connectivity index (χ3n) is 6.76. The summed E-state index contributed by atoms with van der Waals surface area (Å²) >= 11 is 0. The van der Waals surface area contributed by atoms with Crippen molar-refractivity contribution in [1.82, 2.24) is 19.6 Å². The molecule has 0 saturated carbocycles. The van der Waals surface area contributed by atoms with Crippen molar-refractivity contribution in [3.8, 4) is 23.2 Å². The minimum atomic E-state index is -0.650. The molecule has 200 valence electrons. The van der Waals surface area contributed by atoms with Gasteiger partial charge in [-0.3, -0.25) is 9.69 Å². The van der Waals surface area contributed by atoms with Gasteiger partial charge < -0.3 is 18.9 Å². The van der Waals surface area contributed by atoms with E-state index in [9.17, 15) is 9.90 Å². The molecule has 1 atom stereocenters. The fraction of sp³-hybridized carbons (Fsp3) is 0.323. The molecule has 2 aromatic heterocycles. The minimum Gasteiger partial charge on any atom is -0.466 e. The lowest BCUT2D eigenvalue weighted by Gasteiger charge is -2.39. The summed E-state index contributed by atoms with van der Waals surface area (Å²) in [7, 11) is 0. The van der Waals surface area contributed by atoms with E-state index in [4.69, 9.17) is 9.26 Å². The summed E-state index contributed by atoms with van der Waals surface area (Å²) in [6.07, 6.45) is 3.76. The lowest BCUT2D eigenvalue weighted by atomic mass is 9.96. The number of hydrogen-bond acceptors (Lipinski definition) is 7. The molecule has 0 unspecified atom stereocenters. The number of carbonyl (C=O) groups is 1. The van der Waals surface area contributed by atoms with Gasteiger partial charge in [0.1, 0.15) is 17.6 Å². The second kappa shape index (κ2) is 12.1. The summed E-state index contributed by atoms with van der Waals surface area (Å²) in [5.41, 5.74) is 4.84. The molecule has 5 rings (SSSR count). The van der Waals surface area contributed by atoms with Crippen molar-refractivity contribution in [3.05, 3.63) is 95.2 Å². The Hall–Kier alpha value is -4.19. The van der Waals surface area contributed by atoms with Crippen LogP contribution in [0.3, 0.4) is 0 Å². The molecule has 8 heteroatoms. The van der Waals surface area contributed by atoms with E-state index in [1.807, 2.05) is 41.1 Å². The second-order valence-electron chi connectivity index (χ2n) is 9.98. The first-order valence-electron chi connectivity index (χ1n) is 13.1. The number of aromatic nitrogens is 3. The van der Waals surface area contributed by atoms with Crippen molar-refractivity contribution in [2.75, 3.05) is 19.7 Å². The highest BCUT2D eigenvalue weighted by Gasteiger charge is 2.26. The van der Waals surface area contributed by atoms with Crippen molar-refractivity contribution in [2.24, 2.45) is 5.92 Å². The van der Waals surface area contributed by atoms with Crippen LogP contribution in [0.1, 0.15) is 54.6 Å². The van der Waals surface area contributed by atoms with Crippen LogP contribution in [-0.4, -0.2) is 50.4 Å². The van der Waals surface area contributed by atoms with E-state index in [1.54, 1.807) is 13.1 Å². The van der Waals surface area contributed by atoms with Gasteiger partial charge in [0.05, 0.1) is 13.2 Å². The van der Waals surface area contributed by atoms with Gasteiger partial charge in [0.2, 0.25) is 0 Å². The molecule has 0 aliphatic carbocycles. The Bertz CT molecular complexity index is 1450. The first-order valence-corrected chi connectivity index (χ1v) is 13.1. The van der Waals surface area contributed by atoms with Gasteiger partial charge in [-0.25, -0.2) is 4.98 Å². The van der Waals surface area contributed by atoms with Crippen LogP contribution in [0.15, 0.2) is 71.5 Å². The highest BCUT2D eigenvalue weighted by atomic mass is 16.5. The Balaban J connectivity index is 1.12. The summed E-state index contributed by atoms with van der Waals surface area (Å²) < 4.78 is 12.4. The largest absolute Gasteiger partial charge is 0.466 e. The standard InChI is InChI=1S/C31H32N4O4/c1-22(36)31-32-14-15-35(31)21-29-17-30(39-33-29)28-11-9-25(10-12-28)4-3-24-5-7-26(8-6-24)18-34-19-27(20-34)13-16-38-23(2)37/h5-12,14-15,17,22,27,36H,13,16,18-21H2,1-2H3/t22-/m0/s1. The van der Waals surface area contributed by atoms with Crippen LogP contribution in [0.4, 0.5) is 0 Å². The molecule has 1 N–H and O–H groups in total. The predicted molar refractivity (Wildman–Crippen MR) is 146 cm³/mol. The summed E-state index contributed by atoms with van der Waals surface area (Å²) in [5.74, 6) is 8.15. The van der Waals surface area contributed by atoms with Crippen LogP contribution in [-0.2, 0) is 22.6 Å². The van der Waals surface area contributed by atoms with Gasteiger partial charge in [-0.05, 0) is 61.2 Å². The maximum Gasteiger partial charge on any atom is 0.302 e. The van der Waals surface area contributed by atoms with Gasteiger partial charge in [-0.2, -0.15) is 0 Å². The van der Waals surface area contributed by atoms with Gasteiger partial charge in [0.15, 0.2) is 5.76 Å². The molecule has 1 aliphatic heterocycles. The van der Waals surface area contributed by atoms with E-state index < -0.39 is 6.10 Å². The minimum absolute atomic E-state index is 0.206. The third kappa shape index (κ3) is 7.02. The molecular formula is C31H32N4O4. The van der Waals surface area contributed by atoms with Crippen LogP contribution in [0.5, 0.6) is 0 Å². The number of ether oxygens (including phenoxy) is 1. The van der Waals surface area contributed by atoms with Gasteiger partial charge in [-0.15, -0.1) is 0 Å². The number of rotatable bonds is 9. The summed E-state index contributed by atoms with van der Waals surface area (Å²) in [6, 6.07) is 18.2. The lowest BCUT2D eigenvalue weighted by molar-refractivity contribution is -0.141. The zero-order chi connectivity index (χ0) is 27.2. The molecule has 3 heterocycles.